The minimum Gasteiger partial charge on any atom is -0.326 e. The third kappa shape index (κ3) is 2.49. The van der Waals surface area contributed by atoms with Crippen LogP contribution in [-0.4, -0.2) is 12.3 Å². The molecule has 0 saturated heterocycles. The zero-order valence-corrected chi connectivity index (χ0v) is 9.35. The van der Waals surface area contributed by atoms with Crippen LogP contribution in [0.4, 0.5) is 4.39 Å². The molecule has 0 heterocycles. The van der Waals surface area contributed by atoms with E-state index in [0.717, 1.165) is 6.42 Å². The second kappa shape index (κ2) is 5.37. The smallest absolute Gasteiger partial charge is 0.127 e. The molecule has 0 aliphatic heterocycles. The molecule has 1 aromatic carbocycles. The lowest BCUT2D eigenvalue weighted by molar-refractivity contribution is 0.573. The van der Waals surface area contributed by atoms with Crippen LogP contribution in [0.5, 0.6) is 0 Å². The van der Waals surface area contributed by atoms with Gasteiger partial charge in [0.25, 0.3) is 0 Å². The maximum Gasteiger partial charge on any atom is 0.127 e. The zero-order chi connectivity index (χ0) is 10.6. The number of hydrogen-bond acceptors (Lipinski definition) is 2. The van der Waals surface area contributed by atoms with Crippen molar-refractivity contribution in [1.29, 1.82) is 0 Å². The number of rotatable bonds is 4. The van der Waals surface area contributed by atoms with Crippen LogP contribution in [0.25, 0.3) is 0 Å². The normalized spacial score (nSPS) is 15.1. The van der Waals surface area contributed by atoms with Gasteiger partial charge in [0.05, 0.1) is 0 Å². The van der Waals surface area contributed by atoms with Gasteiger partial charge in [-0.1, -0.05) is 25.1 Å². The van der Waals surface area contributed by atoms with Crippen molar-refractivity contribution >= 4 is 11.8 Å². The molecule has 0 aliphatic rings. The highest BCUT2D eigenvalue weighted by atomic mass is 32.2. The number of thioether (sulfide) groups is 1. The van der Waals surface area contributed by atoms with Gasteiger partial charge in [0.2, 0.25) is 0 Å². The van der Waals surface area contributed by atoms with Crippen LogP contribution in [0.2, 0.25) is 0 Å². The molecule has 0 spiro atoms. The molecule has 2 atom stereocenters. The van der Waals surface area contributed by atoms with Crippen LogP contribution < -0.4 is 5.73 Å². The van der Waals surface area contributed by atoms with Gasteiger partial charge in [0.1, 0.15) is 5.82 Å². The molecule has 2 unspecified atom stereocenters. The van der Waals surface area contributed by atoms with Crippen molar-refractivity contribution in [2.24, 2.45) is 5.73 Å². The Morgan fingerprint density at radius 3 is 2.57 bits per heavy atom. The first-order valence-corrected chi connectivity index (χ1v) is 6.02. The molecule has 1 aromatic rings. The van der Waals surface area contributed by atoms with E-state index in [-0.39, 0.29) is 17.1 Å². The molecule has 0 aromatic heterocycles. The SMILES string of the molecule is CCC(N)C(SC)c1ccccc1F. The van der Waals surface area contributed by atoms with E-state index in [0.29, 0.717) is 5.56 Å². The second-order valence-electron chi connectivity index (χ2n) is 3.25. The molecular weight excluding hydrogens is 197 g/mol. The summed E-state index contributed by atoms with van der Waals surface area (Å²) in [6, 6.07) is 6.87. The molecular formula is C11H16FNS. The number of halogens is 1. The average molecular weight is 213 g/mol. The lowest BCUT2D eigenvalue weighted by Crippen LogP contribution is -2.26. The summed E-state index contributed by atoms with van der Waals surface area (Å²) >= 11 is 1.60. The van der Waals surface area contributed by atoms with E-state index < -0.39 is 0 Å². The zero-order valence-electron chi connectivity index (χ0n) is 8.53. The Labute approximate surface area is 88.9 Å². The predicted molar refractivity (Wildman–Crippen MR) is 60.9 cm³/mol. The Hall–Kier alpha value is -0.540. The van der Waals surface area contributed by atoms with Crippen molar-refractivity contribution in [3.8, 4) is 0 Å². The summed E-state index contributed by atoms with van der Waals surface area (Å²) in [5.74, 6) is -0.157. The Morgan fingerprint density at radius 2 is 2.07 bits per heavy atom. The topological polar surface area (TPSA) is 26.0 Å². The molecule has 0 bridgehead atoms. The van der Waals surface area contributed by atoms with Crippen LogP contribution in [0.3, 0.4) is 0 Å². The van der Waals surface area contributed by atoms with Crippen LogP contribution in [0.15, 0.2) is 24.3 Å². The Morgan fingerprint density at radius 1 is 1.43 bits per heavy atom. The quantitative estimate of drug-likeness (QED) is 0.832. The minimum absolute atomic E-state index is 0.0156. The van der Waals surface area contributed by atoms with Gasteiger partial charge in [0, 0.05) is 16.9 Å². The average Bonchev–Trinajstić information content (AvgIpc) is 2.21. The first kappa shape index (κ1) is 11.5. The summed E-state index contributed by atoms with van der Waals surface area (Å²) in [7, 11) is 0. The van der Waals surface area contributed by atoms with Gasteiger partial charge >= 0.3 is 0 Å². The number of benzene rings is 1. The fraction of sp³-hybridized carbons (Fsp3) is 0.455. The van der Waals surface area contributed by atoms with Crippen molar-refractivity contribution in [1.82, 2.24) is 0 Å². The molecule has 2 N–H and O–H groups in total. The molecule has 0 fully saturated rings. The highest BCUT2D eigenvalue weighted by Gasteiger charge is 2.19. The highest BCUT2D eigenvalue weighted by Crippen LogP contribution is 2.31. The molecule has 1 nitrogen and oxygen atoms in total. The molecule has 0 aliphatic carbocycles. The third-order valence-electron chi connectivity index (χ3n) is 2.33. The van der Waals surface area contributed by atoms with Crippen LogP contribution in [0.1, 0.15) is 24.2 Å². The maximum atomic E-state index is 13.5. The molecule has 0 amide bonds. The van der Waals surface area contributed by atoms with E-state index in [2.05, 4.69) is 0 Å². The first-order valence-electron chi connectivity index (χ1n) is 4.73. The van der Waals surface area contributed by atoms with E-state index in [1.165, 1.54) is 6.07 Å². The van der Waals surface area contributed by atoms with E-state index in [1.54, 1.807) is 17.8 Å². The number of hydrogen-bond donors (Lipinski definition) is 1. The number of nitrogens with two attached hydrogens (primary N) is 1. The van der Waals surface area contributed by atoms with E-state index in [4.69, 9.17) is 5.73 Å². The molecule has 1 rings (SSSR count). The molecule has 14 heavy (non-hydrogen) atoms. The largest absolute Gasteiger partial charge is 0.326 e. The Kier molecular flexibility index (Phi) is 4.42. The van der Waals surface area contributed by atoms with Crippen molar-refractivity contribution in [2.45, 2.75) is 24.6 Å². The van der Waals surface area contributed by atoms with Crippen molar-refractivity contribution < 1.29 is 4.39 Å². The summed E-state index contributed by atoms with van der Waals surface area (Å²) in [5, 5.41) is 0.0567. The fourth-order valence-electron chi connectivity index (χ4n) is 1.45. The summed E-state index contributed by atoms with van der Waals surface area (Å²) in [4.78, 5) is 0. The second-order valence-corrected chi connectivity index (χ2v) is 4.23. The van der Waals surface area contributed by atoms with Gasteiger partial charge in [-0.2, -0.15) is 11.8 Å². The highest BCUT2D eigenvalue weighted by molar-refractivity contribution is 7.98. The molecule has 78 valence electrons. The van der Waals surface area contributed by atoms with E-state index >= 15 is 0 Å². The van der Waals surface area contributed by atoms with Gasteiger partial charge in [-0.05, 0) is 18.7 Å². The molecule has 0 saturated carbocycles. The first-order chi connectivity index (χ1) is 6.70. The van der Waals surface area contributed by atoms with Crippen molar-refractivity contribution in [3.63, 3.8) is 0 Å². The van der Waals surface area contributed by atoms with Crippen LogP contribution in [0, 0.1) is 5.82 Å². The standard InChI is InChI=1S/C11H16FNS/c1-3-10(13)11(14-2)8-6-4-5-7-9(8)12/h4-7,10-11H,3,13H2,1-2H3. The summed E-state index contributed by atoms with van der Waals surface area (Å²) < 4.78 is 13.5. The fourth-order valence-corrected chi connectivity index (χ4v) is 2.44. The van der Waals surface area contributed by atoms with Crippen molar-refractivity contribution in [3.05, 3.63) is 35.6 Å². The lowest BCUT2D eigenvalue weighted by Gasteiger charge is -2.21. The van der Waals surface area contributed by atoms with Gasteiger partial charge in [-0.15, -0.1) is 0 Å². The van der Waals surface area contributed by atoms with E-state index in [9.17, 15) is 4.39 Å². The van der Waals surface area contributed by atoms with Crippen molar-refractivity contribution in [2.75, 3.05) is 6.26 Å². The van der Waals surface area contributed by atoms with Gasteiger partial charge in [-0.3, -0.25) is 0 Å². The summed E-state index contributed by atoms with van der Waals surface area (Å²) in [5.41, 5.74) is 6.66. The van der Waals surface area contributed by atoms with Crippen LogP contribution >= 0.6 is 11.8 Å². The molecule has 0 radical (unpaired) electrons. The Bertz CT molecular complexity index is 290. The Balaban J connectivity index is 2.94. The molecule has 3 heteroatoms. The summed E-state index contributed by atoms with van der Waals surface area (Å²) in [6.07, 6.45) is 2.83. The summed E-state index contributed by atoms with van der Waals surface area (Å²) in [6.45, 7) is 2.02. The van der Waals surface area contributed by atoms with E-state index in [1.807, 2.05) is 25.3 Å². The van der Waals surface area contributed by atoms with Gasteiger partial charge < -0.3 is 5.73 Å². The monoisotopic (exact) mass is 213 g/mol. The maximum absolute atomic E-state index is 13.5. The van der Waals surface area contributed by atoms with Gasteiger partial charge in [-0.25, -0.2) is 4.39 Å². The van der Waals surface area contributed by atoms with Gasteiger partial charge in [0.15, 0.2) is 0 Å². The predicted octanol–water partition coefficient (Wildman–Crippen LogP) is 2.97. The lowest BCUT2D eigenvalue weighted by atomic mass is 10.0. The van der Waals surface area contributed by atoms with Crippen LogP contribution in [-0.2, 0) is 0 Å². The third-order valence-corrected chi connectivity index (χ3v) is 3.44. The minimum atomic E-state index is -0.157.